The smallest absolute Gasteiger partial charge is 0.159 e. The molecule has 0 aliphatic rings. The van der Waals surface area contributed by atoms with E-state index < -0.39 is 0 Å². The van der Waals surface area contributed by atoms with Gasteiger partial charge in [0.2, 0.25) is 0 Å². The molecular formula is C18H18ClN5O. The number of benzene rings is 2. The quantitative estimate of drug-likeness (QED) is 0.618. The Morgan fingerprint density at radius 2 is 1.68 bits per heavy atom. The zero-order valence-corrected chi connectivity index (χ0v) is 14.4. The van der Waals surface area contributed by atoms with Gasteiger partial charge in [-0.2, -0.15) is 0 Å². The molecule has 3 aromatic rings. The summed E-state index contributed by atoms with van der Waals surface area (Å²) in [5, 5.41) is 7.10. The van der Waals surface area contributed by atoms with Crippen molar-refractivity contribution in [1.82, 2.24) is 9.97 Å². The molecule has 7 heteroatoms. The lowest BCUT2D eigenvalue weighted by Gasteiger charge is -2.13. The maximum atomic E-state index is 6.18. The zero-order chi connectivity index (χ0) is 17.6. The molecule has 0 saturated carbocycles. The zero-order valence-electron chi connectivity index (χ0n) is 13.7. The Kier molecular flexibility index (Phi) is 5.20. The molecule has 6 nitrogen and oxygen atoms in total. The number of nitrogens with one attached hydrogen (secondary N) is 2. The summed E-state index contributed by atoms with van der Waals surface area (Å²) in [6, 6.07) is 15.1. The molecule has 4 N–H and O–H groups in total. The third-order valence-electron chi connectivity index (χ3n) is 3.61. The Bertz CT molecular complexity index is 837. The van der Waals surface area contributed by atoms with Crippen LogP contribution in [0.15, 0.2) is 54.9 Å². The highest BCUT2D eigenvalue weighted by molar-refractivity contribution is 6.30. The van der Waals surface area contributed by atoms with Crippen LogP contribution >= 0.6 is 11.6 Å². The molecule has 0 saturated heterocycles. The molecule has 128 valence electrons. The van der Waals surface area contributed by atoms with Gasteiger partial charge in [0.25, 0.3) is 0 Å². The predicted molar refractivity (Wildman–Crippen MR) is 101 cm³/mol. The molecule has 2 aromatic carbocycles. The molecule has 0 atom stereocenters. The number of anilines is 4. The molecular weight excluding hydrogens is 338 g/mol. The van der Waals surface area contributed by atoms with Crippen molar-refractivity contribution in [2.45, 2.75) is 6.54 Å². The summed E-state index contributed by atoms with van der Waals surface area (Å²) >= 11 is 5.89. The first-order chi connectivity index (χ1) is 12.2. The van der Waals surface area contributed by atoms with Crippen LogP contribution in [-0.4, -0.2) is 17.1 Å². The second-order valence-corrected chi connectivity index (χ2v) is 5.75. The van der Waals surface area contributed by atoms with Crippen molar-refractivity contribution in [1.29, 1.82) is 0 Å². The highest BCUT2D eigenvalue weighted by Gasteiger charge is 2.08. The third-order valence-corrected chi connectivity index (χ3v) is 3.86. The third kappa shape index (κ3) is 4.30. The van der Waals surface area contributed by atoms with E-state index in [9.17, 15) is 0 Å². The fraction of sp³-hybridized carbons (Fsp3) is 0.111. The van der Waals surface area contributed by atoms with Gasteiger partial charge in [0.1, 0.15) is 17.8 Å². The summed E-state index contributed by atoms with van der Waals surface area (Å²) in [5.41, 5.74) is 8.56. The van der Waals surface area contributed by atoms with Crippen molar-refractivity contribution in [2.24, 2.45) is 0 Å². The Morgan fingerprint density at radius 1 is 1.00 bits per heavy atom. The summed E-state index contributed by atoms with van der Waals surface area (Å²) in [7, 11) is 1.63. The van der Waals surface area contributed by atoms with Gasteiger partial charge in [-0.15, -0.1) is 0 Å². The van der Waals surface area contributed by atoms with Crippen molar-refractivity contribution < 1.29 is 4.74 Å². The van der Waals surface area contributed by atoms with Gasteiger partial charge in [0.05, 0.1) is 7.11 Å². The molecule has 0 radical (unpaired) electrons. The fourth-order valence-corrected chi connectivity index (χ4v) is 2.36. The van der Waals surface area contributed by atoms with E-state index in [1.165, 1.54) is 6.33 Å². The lowest BCUT2D eigenvalue weighted by molar-refractivity contribution is 0.415. The van der Waals surface area contributed by atoms with Gasteiger partial charge < -0.3 is 21.1 Å². The molecule has 3 rings (SSSR count). The number of rotatable bonds is 6. The summed E-state index contributed by atoms with van der Waals surface area (Å²) in [6.07, 6.45) is 1.46. The monoisotopic (exact) mass is 355 g/mol. The summed E-state index contributed by atoms with van der Waals surface area (Å²) in [4.78, 5) is 8.41. The van der Waals surface area contributed by atoms with E-state index in [1.807, 2.05) is 48.5 Å². The number of nitrogens with two attached hydrogens (primary N) is 1. The highest BCUT2D eigenvalue weighted by Crippen LogP contribution is 2.27. The van der Waals surface area contributed by atoms with Crippen molar-refractivity contribution in [3.63, 3.8) is 0 Å². The van der Waals surface area contributed by atoms with Crippen LogP contribution in [0.2, 0.25) is 5.02 Å². The minimum absolute atomic E-state index is 0.451. The van der Waals surface area contributed by atoms with Crippen LogP contribution in [0.3, 0.4) is 0 Å². The van der Waals surface area contributed by atoms with Crippen molar-refractivity contribution in [2.75, 3.05) is 23.5 Å². The highest BCUT2D eigenvalue weighted by atomic mass is 35.5. The molecule has 0 aliphatic heterocycles. The van der Waals surface area contributed by atoms with Crippen LogP contribution < -0.4 is 21.1 Å². The van der Waals surface area contributed by atoms with E-state index in [0.29, 0.717) is 28.9 Å². The molecule has 0 aliphatic carbocycles. The minimum atomic E-state index is 0.451. The lowest BCUT2D eigenvalue weighted by atomic mass is 10.2. The minimum Gasteiger partial charge on any atom is -0.497 e. The molecule has 1 aromatic heterocycles. The van der Waals surface area contributed by atoms with Crippen LogP contribution in [0.1, 0.15) is 5.56 Å². The second kappa shape index (κ2) is 7.72. The fourth-order valence-electron chi connectivity index (χ4n) is 2.24. The first-order valence-corrected chi connectivity index (χ1v) is 8.03. The van der Waals surface area contributed by atoms with Gasteiger partial charge in [-0.25, -0.2) is 9.97 Å². The number of halogens is 1. The maximum absolute atomic E-state index is 6.18. The largest absolute Gasteiger partial charge is 0.497 e. The number of hydrogen-bond acceptors (Lipinski definition) is 6. The number of aromatic nitrogens is 2. The molecule has 0 spiro atoms. The Balaban J connectivity index is 1.71. The van der Waals surface area contributed by atoms with E-state index >= 15 is 0 Å². The van der Waals surface area contributed by atoms with Gasteiger partial charge in [0, 0.05) is 17.3 Å². The van der Waals surface area contributed by atoms with E-state index in [4.69, 9.17) is 22.1 Å². The maximum Gasteiger partial charge on any atom is 0.159 e. The molecule has 25 heavy (non-hydrogen) atoms. The number of nitrogen functional groups attached to an aromatic ring is 1. The van der Waals surface area contributed by atoms with Crippen LogP contribution in [-0.2, 0) is 6.54 Å². The Morgan fingerprint density at radius 3 is 2.36 bits per heavy atom. The molecule has 0 unspecified atom stereocenters. The molecule has 0 bridgehead atoms. The van der Waals surface area contributed by atoms with Crippen LogP contribution in [0.5, 0.6) is 5.75 Å². The Hall–Kier alpha value is -2.99. The summed E-state index contributed by atoms with van der Waals surface area (Å²) in [6.45, 7) is 0.584. The average molecular weight is 356 g/mol. The first-order valence-electron chi connectivity index (χ1n) is 7.65. The van der Waals surface area contributed by atoms with Crippen LogP contribution in [0, 0.1) is 0 Å². The van der Waals surface area contributed by atoms with Crippen molar-refractivity contribution in [3.8, 4) is 5.75 Å². The van der Waals surface area contributed by atoms with Crippen LogP contribution in [0.4, 0.5) is 23.0 Å². The van der Waals surface area contributed by atoms with E-state index in [0.717, 1.165) is 17.0 Å². The number of nitrogens with zero attached hydrogens (tertiary/aromatic N) is 2. The van der Waals surface area contributed by atoms with E-state index in [1.54, 1.807) is 7.11 Å². The average Bonchev–Trinajstić information content (AvgIpc) is 2.64. The first kappa shape index (κ1) is 16.9. The predicted octanol–water partition coefficient (Wildman–Crippen LogP) is 4.08. The van der Waals surface area contributed by atoms with Crippen molar-refractivity contribution in [3.05, 3.63) is 65.4 Å². The number of hydrogen-bond donors (Lipinski definition) is 3. The lowest BCUT2D eigenvalue weighted by Crippen LogP contribution is -2.08. The second-order valence-electron chi connectivity index (χ2n) is 5.32. The van der Waals surface area contributed by atoms with E-state index in [2.05, 4.69) is 20.6 Å². The SMILES string of the molecule is COc1ccc(Nc2ncnc(NCc3ccc(Cl)cc3)c2N)cc1. The normalized spacial score (nSPS) is 10.3. The van der Waals surface area contributed by atoms with Crippen molar-refractivity contribution >= 4 is 34.6 Å². The number of methoxy groups -OCH3 is 1. The standard InChI is InChI=1S/C18H18ClN5O/c1-25-15-8-6-14(7-9-15)24-18-16(20)17(22-11-23-18)21-10-12-2-4-13(19)5-3-12/h2-9,11H,10,20H2,1H3,(H2,21,22,23,24). The van der Waals surface area contributed by atoms with E-state index in [-0.39, 0.29) is 0 Å². The van der Waals surface area contributed by atoms with Gasteiger partial charge in [-0.3, -0.25) is 0 Å². The summed E-state index contributed by atoms with van der Waals surface area (Å²) in [5.74, 6) is 1.89. The van der Waals surface area contributed by atoms with Crippen LogP contribution in [0.25, 0.3) is 0 Å². The summed E-state index contributed by atoms with van der Waals surface area (Å²) < 4.78 is 5.15. The number of ether oxygens (including phenoxy) is 1. The van der Waals surface area contributed by atoms with Gasteiger partial charge >= 0.3 is 0 Å². The molecule has 0 amide bonds. The van der Waals surface area contributed by atoms with Gasteiger partial charge in [-0.1, -0.05) is 23.7 Å². The Labute approximate surface area is 151 Å². The topological polar surface area (TPSA) is 85.1 Å². The van der Waals surface area contributed by atoms with Gasteiger partial charge in [0.15, 0.2) is 11.6 Å². The van der Waals surface area contributed by atoms with Gasteiger partial charge in [-0.05, 0) is 42.0 Å². The molecule has 0 fully saturated rings. The molecule has 1 heterocycles.